The second-order valence-electron chi connectivity index (χ2n) is 5.66. The van der Waals surface area contributed by atoms with Crippen LogP contribution in [0.2, 0.25) is 0 Å². The van der Waals surface area contributed by atoms with Gasteiger partial charge in [-0.05, 0) is 53.9 Å². The van der Waals surface area contributed by atoms with Crippen molar-refractivity contribution in [3.05, 3.63) is 71.9 Å². The highest BCUT2D eigenvalue weighted by Crippen LogP contribution is 2.37. The summed E-state index contributed by atoms with van der Waals surface area (Å²) in [6.45, 7) is 1.94. The van der Waals surface area contributed by atoms with E-state index in [-0.39, 0.29) is 0 Å². The smallest absolute Gasteiger partial charge is 0.416 e. The molecule has 1 aromatic heterocycles. The van der Waals surface area contributed by atoms with Crippen molar-refractivity contribution in [2.75, 3.05) is 7.11 Å². The Bertz CT molecular complexity index is 886. The van der Waals surface area contributed by atoms with E-state index in [4.69, 9.17) is 4.74 Å². The first-order valence-electron chi connectivity index (χ1n) is 7.68. The Balaban J connectivity index is 2.15. The molecule has 0 bridgehead atoms. The molecule has 25 heavy (non-hydrogen) atoms. The van der Waals surface area contributed by atoms with Crippen LogP contribution in [-0.4, -0.2) is 12.1 Å². The lowest BCUT2D eigenvalue weighted by Gasteiger charge is -2.14. The average molecular weight is 343 g/mol. The van der Waals surface area contributed by atoms with E-state index in [1.165, 1.54) is 12.1 Å². The zero-order valence-corrected chi connectivity index (χ0v) is 13.8. The second kappa shape index (κ2) is 6.59. The monoisotopic (exact) mass is 343 g/mol. The van der Waals surface area contributed by atoms with Crippen LogP contribution in [0.15, 0.2) is 60.8 Å². The van der Waals surface area contributed by atoms with Crippen molar-refractivity contribution in [1.82, 2.24) is 4.98 Å². The quantitative estimate of drug-likeness (QED) is 0.604. The van der Waals surface area contributed by atoms with Crippen molar-refractivity contribution in [3.8, 4) is 28.1 Å². The minimum absolute atomic E-state index is 0.663. The third-order valence-corrected chi connectivity index (χ3v) is 4.01. The summed E-state index contributed by atoms with van der Waals surface area (Å²) in [6.07, 6.45) is -2.66. The molecule has 5 heteroatoms. The Kier molecular flexibility index (Phi) is 4.49. The Morgan fingerprint density at radius 3 is 2.24 bits per heavy atom. The highest BCUT2D eigenvalue weighted by atomic mass is 19.4. The van der Waals surface area contributed by atoms with Crippen molar-refractivity contribution >= 4 is 0 Å². The summed E-state index contributed by atoms with van der Waals surface area (Å²) in [4.78, 5) is 4.43. The molecule has 0 radical (unpaired) electrons. The molecule has 0 saturated heterocycles. The molecule has 3 rings (SSSR count). The molecule has 0 aliphatic heterocycles. The molecule has 3 aromatic rings. The molecule has 0 amide bonds. The number of halogens is 3. The van der Waals surface area contributed by atoms with Crippen LogP contribution in [0.5, 0.6) is 5.75 Å². The van der Waals surface area contributed by atoms with Gasteiger partial charge in [-0.3, -0.25) is 4.98 Å². The van der Waals surface area contributed by atoms with Gasteiger partial charge in [-0.25, -0.2) is 0 Å². The van der Waals surface area contributed by atoms with E-state index in [0.717, 1.165) is 34.5 Å². The third-order valence-electron chi connectivity index (χ3n) is 4.01. The van der Waals surface area contributed by atoms with Crippen molar-refractivity contribution < 1.29 is 17.9 Å². The van der Waals surface area contributed by atoms with Crippen LogP contribution >= 0.6 is 0 Å². The van der Waals surface area contributed by atoms with Crippen LogP contribution in [0.1, 0.15) is 11.1 Å². The summed E-state index contributed by atoms with van der Waals surface area (Å²) in [6, 6.07) is 14.4. The van der Waals surface area contributed by atoms with Crippen LogP contribution < -0.4 is 4.74 Å². The van der Waals surface area contributed by atoms with Gasteiger partial charge in [0.1, 0.15) is 5.75 Å². The zero-order valence-electron chi connectivity index (χ0n) is 13.8. The topological polar surface area (TPSA) is 22.1 Å². The molecular weight excluding hydrogens is 327 g/mol. The van der Waals surface area contributed by atoms with Crippen LogP contribution in [0, 0.1) is 6.92 Å². The van der Waals surface area contributed by atoms with E-state index in [9.17, 15) is 13.2 Å². The van der Waals surface area contributed by atoms with Gasteiger partial charge in [0.15, 0.2) is 0 Å². The zero-order chi connectivity index (χ0) is 18.0. The maximum atomic E-state index is 12.8. The van der Waals surface area contributed by atoms with E-state index < -0.39 is 11.7 Å². The number of hydrogen-bond acceptors (Lipinski definition) is 2. The van der Waals surface area contributed by atoms with Crippen LogP contribution in [0.25, 0.3) is 22.4 Å². The van der Waals surface area contributed by atoms with E-state index in [2.05, 4.69) is 4.98 Å². The van der Waals surface area contributed by atoms with Gasteiger partial charge in [0, 0.05) is 11.8 Å². The number of aryl methyl sites for hydroxylation is 1. The lowest BCUT2D eigenvalue weighted by atomic mass is 9.94. The Morgan fingerprint density at radius 1 is 0.920 bits per heavy atom. The van der Waals surface area contributed by atoms with Crippen molar-refractivity contribution in [1.29, 1.82) is 0 Å². The predicted molar refractivity (Wildman–Crippen MR) is 91.4 cm³/mol. The van der Waals surface area contributed by atoms with Gasteiger partial charge in [0.05, 0.1) is 18.4 Å². The fourth-order valence-electron chi connectivity index (χ4n) is 2.70. The van der Waals surface area contributed by atoms with Crippen LogP contribution in [-0.2, 0) is 6.18 Å². The fourth-order valence-corrected chi connectivity index (χ4v) is 2.70. The maximum Gasteiger partial charge on any atom is 0.416 e. The Hall–Kier alpha value is -2.82. The highest BCUT2D eigenvalue weighted by molar-refractivity contribution is 5.84. The number of aromatic nitrogens is 1. The molecule has 0 fully saturated rings. The number of benzene rings is 2. The maximum absolute atomic E-state index is 12.8. The first-order chi connectivity index (χ1) is 11.9. The standard InChI is InChI=1S/C20H16F3NO/c1-13-4-3-11-24-19(13)18-12-16(25-2)9-10-17(18)14-5-7-15(8-6-14)20(21,22)23/h3-12H,1-2H3. The molecular formula is C20H16F3NO. The lowest BCUT2D eigenvalue weighted by Crippen LogP contribution is -2.04. The van der Waals surface area contributed by atoms with E-state index in [1.54, 1.807) is 19.4 Å². The predicted octanol–water partition coefficient (Wildman–Crippen LogP) is 5.75. The van der Waals surface area contributed by atoms with Gasteiger partial charge >= 0.3 is 6.18 Å². The molecule has 0 aliphatic carbocycles. The first-order valence-corrected chi connectivity index (χ1v) is 7.68. The minimum Gasteiger partial charge on any atom is -0.497 e. The second-order valence-corrected chi connectivity index (χ2v) is 5.66. The van der Waals surface area contributed by atoms with Gasteiger partial charge in [0.2, 0.25) is 0 Å². The summed E-state index contributed by atoms with van der Waals surface area (Å²) in [5, 5.41) is 0. The lowest BCUT2D eigenvalue weighted by molar-refractivity contribution is -0.137. The molecule has 0 unspecified atom stereocenters. The Morgan fingerprint density at radius 2 is 1.64 bits per heavy atom. The van der Waals surface area contributed by atoms with Crippen molar-refractivity contribution in [2.45, 2.75) is 13.1 Å². The van der Waals surface area contributed by atoms with Gasteiger partial charge in [-0.1, -0.05) is 24.3 Å². The van der Waals surface area contributed by atoms with E-state index in [1.807, 2.05) is 31.2 Å². The molecule has 2 aromatic carbocycles. The van der Waals surface area contributed by atoms with Gasteiger partial charge in [0.25, 0.3) is 0 Å². The SMILES string of the molecule is COc1ccc(-c2ccc(C(F)(F)F)cc2)c(-c2ncccc2C)c1. The van der Waals surface area contributed by atoms with Gasteiger partial charge in [-0.15, -0.1) is 0 Å². The largest absolute Gasteiger partial charge is 0.497 e. The number of nitrogens with zero attached hydrogens (tertiary/aromatic N) is 1. The molecule has 128 valence electrons. The number of hydrogen-bond donors (Lipinski definition) is 0. The molecule has 1 heterocycles. The van der Waals surface area contributed by atoms with Crippen molar-refractivity contribution in [2.24, 2.45) is 0 Å². The van der Waals surface area contributed by atoms with E-state index in [0.29, 0.717) is 11.3 Å². The third kappa shape index (κ3) is 3.50. The molecule has 2 nitrogen and oxygen atoms in total. The fraction of sp³-hybridized carbons (Fsp3) is 0.150. The van der Waals surface area contributed by atoms with E-state index >= 15 is 0 Å². The minimum atomic E-state index is -4.35. The van der Waals surface area contributed by atoms with Crippen molar-refractivity contribution in [3.63, 3.8) is 0 Å². The molecule has 0 aliphatic rings. The first kappa shape index (κ1) is 17.0. The molecule has 0 atom stereocenters. The number of pyridine rings is 1. The molecule has 0 saturated carbocycles. The normalized spacial score (nSPS) is 11.4. The number of rotatable bonds is 3. The number of methoxy groups -OCH3 is 1. The van der Waals surface area contributed by atoms with Gasteiger partial charge < -0.3 is 4.74 Å². The Labute approximate surface area is 143 Å². The summed E-state index contributed by atoms with van der Waals surface area (Å²) < 4.78 is 43.7. The number of ether oxygens (including phenoxy) is 1. The average Bonchev–Trinajstić information content (AvgIpc) is 2.61. The van der Waals surface area contributed by atoms with Crippen LogP contribution in [0.4, 0.5) is 13.2 Å². The van der Waals surface area contributed by atoms with Crippen LogP contribution in [0.3, 0.4) is 0 Å². The highest BCUT2D eigenvalue weighted by Gasteiger charge is 2.30. The summed E-state index contributed by atoms with van der Waals surface area (Å²) in [7, 11) is 1.57. The summed E-state index contributed by atoms with van der Waals surface area (Å²) in [5.41, 5.74) is 3.39. The molecule has 0 N–H and O–H groups in total. The summed E-state index contributed by atoms with van der Waals surface area (Å²) >= 11 is 0. The molecule has 0 spiro atoms. The summed E-state index contributed by atoms with van der Waals surface area (Å²) in [5.74, 6) is 0.663. The van der Waals surface area contributed by atoms with Gasteiger partial charge in [-0.2, -0.15) is 13.2 Å². The number of alkyl halides is 3.